The van der Waals surface area contributed by atoms with Crippen LogP contribution in [0.1, 0.15) is 11.3 Å². The zero-order valence-corrected chi connectivity index (χ0v) is 10.4. The lowest BCUT2D eigenvalue weighted by atomic mass is 10.2. The average molecular weight is 264 g/mol. The largest absolute Gasteiger partial charge is 0.454 e. The van der Waals surface area contributed by atoms with Gasteiger partial charge in [-0.25, -0.2) is 4.79 Å². The summed E-state index contributed by atoms with van der Waals surface area (Å²) in [5.41, 5.74) is 1.24. The molecule has 2 aromatic rings. The van der Waals surface area contributed by atoms with E-state index in [0.29, 0.717) is 18.8 Å². The molecule has 7 heteroatoms. The number of H-pyrrole nitrogens is 1. The molecule has 1 aliphatic heterocycles. The second kappa shape index (κ2) is 4.77. The van der Waals surface area contributed by atoms with Crippen molar-refractivity contribution in [2.75, 3.05) is 6.79 Å². The molecule has 0 radical (unpaired) electrons. The summed E-state index contributed by atoms with van der Waals surface area (Å²) in [4.78, 5) is 11.3. The summed E-state index contributed by atoms with van der Waals surface area (Å²) in [7, 11) is 1.72. The number of benzene rings is 1. The maximum absolute atomic E-state index is 11.3. The summed E-state index contributed by atoms with van der Waals surface area (Å²) in [6.45, 7) is 1.32. The molecule has 1 aliphatic rings. The molecule has 0 unspecified atom stereocenters. The molecule has 0 amide bonds. The van der Waals surface area contributed by atoms with Gasteiger partial charge in [-0.3, -0.25) is 4.52 Å². The van der Waals surface area contributed by atoms with Crippen LogP contribution in [0.5, 0.6) is 11.5 Å². The Balaban J connectivity index is 1.62. The number of hydrogen-bond donors (Lipinski definition) is 2. The van der Waals surface area contributed by atoms with Gasteiger partial charge in [0.15, 0.2) is 18.5 Å². The summed E-state index contributed by atoms with van der Waals surface area (Å²) in [6, 6.07) is 5.76. The first-order valence-corrected chi connectivity index (χ1v) is 5.89. The van der Waals surface area contributed by atoms with Gasteiger partial charge in [-0.15, -0.1) is 0 Å². The van der Waals surface area contributed by atoms with Gasteiger partial charge in [0.1, 0.15) is 0 Å². The van der Waals surface area contributed by atoms with E-state index in [1.54, 1.807) is 11.7 Å². The highest BCUT2D eigenvalue weighted by atomic mass is 16.7. The average Bonchev–Trinajstić information content (AvgIpc) is 2.99. The number of fused-ring (bicyclic) bond motifs is 1. The molecule has 0 saturated carbocycles. The Morgan fingerprint density at radius 2 is 2.16 bits per heavy atom. The maximum atomic E-state index is 11.3. The SMILES string of the molecule is C[n+]1[nH]oc(=O)c1CNCc1ccc2c(c1)OCO2. The third kappa shape index (κ3) is 2.32. The lowest BCUT2D eigenvalue weighted by molar-refractivity contribution is -0.746. The number of aryl methyl sites for hydroxylation is 1. The summed E-state index contributed by atoms with van der Waals surface area (Å²) in [5, 5.41) is 5.65. The quantitative estimate of drug-likeness (QED) is 0.748. The first-order chi connectivity index (χ1) is 9.24. The molecule has 0 fully saturated rings. The maximum Gasteiger partial charge on any atom is 0.431 e. The van der Waals surface area contributed by atoms with Crippen molar-refractivity contribution >= 4 is 0 Å². The number of nitrogens with zero attached hydrogens (tertiary/aromatic N) is 1. The van der Waals surface area contributed by atoms with Gasteiger partial charge < -0.3 is 14.8 Å². The molecule has 3 rings (SSSR count). The standard InChI is InChI=1S/C12H13N3O4/c1-15-9(12(16)19-14-15)6-13-5-8-2-3-10-11(4-8)18-7-17-10/h2-4,13H,5-7H2,1H3/p+1. The lowest BCUT2D eigenvalue weighted by Crippen LogP contribution is -2.38. The Kier molecular flexibility index (Phi) is 2.96. The summed E-state index contributed by atoms with van der Waals surface area (Å²) in [6.07, 6.45) is 0. The second-order valence-electron chi connectivity index (χ2n) is 4.28. The van der Waals surface area contributed by atoms with Crippen molar-refractivity contribution in [3.63, 3.8) is 0 Å². The van der Waals surface area contributed by atoms with Crippen molar-refractivity contribution in [2.24, 2.45) is 7.05 Å². The first kappa shape index (κ1) is 11.8. The Morgan fingerprint density at radius 3 is 2.95 bits per heavy atom. The second-order valence-corrected chi connectivity index (χ2v) is 4.28. The molecule has 0 aliphatic carbocycles. The highest BCUT2D eigenvalue weighted by Gasteiger charge is 2.16. The van der Waals surface area contributed by atoms with Gasteiger partial charge in [-0.05, 0) is 23.0 Å². The predicted octanol–water partition coefficient (Wildman–Crippen LogP) is -0.189. The zero-order chi connectivity index (χ0) is 13.2. The van der Waals surface area contributed by atoms with Crippen molar-refractivity contribution in [2.45, 2.75) is 13.1 Å². The molecule has 2 heterocycles. The van der Waals surface area contributed by atoms with Crippen LogP contribution >= 0.6 is 0 Å². The Bertz CT molecular complexity index is 647. The van der Waals surface area contributed by atoms with E-state index in [2.05, 4.69) is 15.1 Å². The molecular weight excluding hydrogens is 250 g/mol. The van der Waals surface area contributed by atoms with Crippen molar-refractivity contribution in [3.8, 4) is 11.5 Å². The molecule has 2 N–H and O–H groups in total. The number of rotatable bonds is 4. The lowest BCUT2D eigenvalue weighted by Gasteiger charge is -2.03. The third-order valence-corrected chi connectivity index (χ3v) is 2.97. The van der Waals surface area contributed by atoms with E-state index >= 15 is 0 Å². The number of hydrogen-bond acceptors (Lipinski definition) is 5. The van der Waals surface area contributed by atoms with E-state index in [-0.39, 0.29) is 12.4 Å². The van der Waals surface area contributed by atoms with Gasteiger partial charge in [0, 0.05) is 6.54 Å². The highest BCUT2D eigenvalue weighted by Crippen LogP contribution is 2.32. The first-order valence-electron chi connectivity index (χ1n) is 5.89. The minimum atomic E-state index is -0.360. The van der Waals surface area contributed by atoms with Gasteiger partial charge in [0.05, 0.1) is 6.54 Å². The molecule has 0 atom stereocenters. The van der Waals surface area contributed by atoms with Gasteiger partial charge in [0.2, 0.25) is 6.79 Å². The fraction of sp³-hybridized carbons (Fsp3) is 0.333. The Morgan fingerprint density at radius 1 is 1.32 bits per heavy atom. The predicted molar refractivity (Wildman–Crippen MR) is 63.6 cm³/mol. The molecule has 0 spiro atoms. The molecule has 100 valence electrons. The van der Waals surface area contributed by atoms with Gasteiger partial charge in [-0.1, -0.05) is 10.7 Å². The van der Waals surface area contributed by atoms with E-state index in [1.165, 1.54) is 0 Å². The highest BCUT2D eigenvalue weighted by molar-refractivity contribution is 5.44. The fourth-order valence-electron chi connectivity index (χ4n) is 1.93. The smallest absolute Gasteiger partial charge is 0.431 e. The topological polar surface area (TPSA) is 80.4 Å². The van der Waals surface area contributed by atoms with Crippen molar-refractivity contribution < 1.29 is 18.7 Å². The van der Waals surface area contributed by atoms with Crippen LogP contribution < -0.4 is 25.1 Å². The number of nitrogens with one attached hydrogen (secondary N) is 2. The molecule has 19 heavy (non-hydrogen) atoms. The van der Waals surface area contributed by atoms with Crippen molar-refractivity contribution in [3.05, 3.63) is 39.9 Å². The Labute approximate surface area is 108 Å². The number of aromatic amines is 1. The van der Waals surface area contributed by atoms with Crippen LogP contribution in [0.3, 0.4) is 0 Å². The monoisotopic (exact) mass is 264 g/mol. The fourth-order valence-corrected chi connectivity index (χ4v) is 1.93. The van der Waals surface area contributed by atoms with Gasteiger partial charge >= 0.3 is 11.3 Å². The molecule has 1 aromatic carbocycles. The third-order valence-electron chi connectivity index (χ3n) is 2.97. The van der Waals surface area contributed by atoms with Crippen LogP contribution in [0.25, 0.3) is 0 Å². The minimum absolute atomic E-state index is 0.270. The van der Waals surface area contributed by atoms with Crippen molar-refractivity contribution in [1.29, 1.82) is 0 Å². The van der Waals surface area contributed by atoms with Gasteiger partial charge in [-0.2, -0.15) is 0 Å². The van der Waals surface area contributed by atoms with Crippen LogP contribution in [-0.4, -0.2) is 12.1 Å². The minimum Gasteiger partial charge on any atom is -0.454 e. The van der Waals surface area contributed by atoms with E-state index in [1.807, 2.05) is 18.2 Å². The van der Waals surface area contributed by atoms with Crippen LogP contribution in [0.2, 0.25) is 0 Å². The Hall–Kier alpha value is -2.28. The zero-order valence-electron chi connectivity index (χ0n) is 10.4. The molecule has 1 aromatic heterocycles. The molecule has 7 nitrogen and oxygen atoms in total. The van der Waals surface area contributed by atoms with E-state index in [9.17, 15) is 4.79 Å². The molecule has 0 saturated heterocycles. The van der Waals surface area contributed by atoms with Crippen LogP contribution in [0.15, 0.2) is 27.5 Å². The summed E-state index contributed by atoms with van der Waals surface area (Å²) >= 11 is 0. The van der Waals surface area contributed by atoms with Crippen LogP contribution in [-0.2, 0) is 20.1 Å². The molecular formula is C12H14N3O4+. The van der Waals surface area contributed by atoms with Crippen molar-refractivity contribution in [1.82, 2.24) is 10.6 Å². The molecule has 0 bridgehead atoms. The number of aromatic nitrogens is 2. The van der Waals surface area contributed by atoms with E-state index in [4.69, 9.17) is 9.47 Å². The van der Waals surface area contributed by atoms with Crippen LogP contribution in [0, 0.1) is 0 Å². The van der Waals surface area contributed by atoms with Gasteiger partial charge in [0.25, 0.3) is 0 Å². The normalized spacial score (nSPS) is 12.9. The van der Waals surface area contributed by atoms with E-state index in [0.717, 1.165) is 17.1 Å². The summed E-state index contributed by atoms with van der Waals surface area (Å²) < 4.78 is 16.8. The number of ether oxygens (including phenoxy) is 2. The summed E-state index contributed by atoms with van der Waals surface area (Å²) in [5.74, 6) is 1.52. The van der Waals surface area contributed by atoms with Crippen LogP contribution in [0.4, 0.5) is 0 Å². The van der Waals surface area contributed by atoms with E-state index < -0.39 is 0 Å².